The van der Waals surface area contributed by atoms with Gasteiger partial charge in [-0.05, 0) is 27.7 Å². The van der Waals surface area contributed by atoms with Crippen molar-refractivity contribution in [1.29, 1.82) is 0 Å². The molecule has 23 heavy (non-hydrogen) atoms. The van der Waals surface area contributed by atoms with Crippen LogP contribution in [-0.4, -0.2) is 107 Å². The molecule has 0 aromatic carbocycles. The van der Waals surface area contributed by atoms with E-state index >= 15 is 0 Å². The topological polar surface area (TPSA) is 99.4 Å². The summed E-state index contributed by atoms with van der Waals surface area (Å²) in [5.74, 6) is 0. The number of nitrogens with zero attached hydrogens (tertiary/aromatic N) is 2. The van der Waals surface area contributed by atoms with Gasteiger partial charge in [-0.3, -0.25) is 9.80 Å². The van der Waals surface area contributed by atoms with Crippen LogP contribution < -0.4 is 5.32 Å². The Morgan fingerprint density at radius 1 is 0.652 bits per heavy atom. The highest BCUT2D eigenvalue weighted by Gasteiger charge is 2.14. The molecule has 0 spiro atoms. The van der Waals surface area contributed by atoms with E-state index in [1.807, 2.05) is 4.90 Å². The van der Waals surface area contributed by atoms with Crippen molar-refractivity contribution in [2.75, 3.05) is 52.4 Å². The van der Waals surface area contributed by atoms with Crippen LogP contribution in [0, 0.1) is 0 Å². The molecule has 0 radical (unpaired) electrons. The van der Waals surface area contributed by atoms with Gasteiger partial charge in [0.25, 0.3) is 0 Å². The summed E-state index contributed by atoms with van der Waals surface area (Å²) in [4.78, 5) is 4.18. The van der Waals surface area contributed by atoms with E-state index in [9.17, 15) is 20.4 Å². The maximum Gasteiger partial charge on any atom is 0.0639 e. The molecule has 0 bridgehead atoms. The van der Waals surface area contributed by atoms with Crippen LogP contribution in [-0.2, 0) is 0 Å². The van der Waals surface area contributed by atoms with Crippen molar-refractivity contribution in [1.82, 2.24) is 15.1 Å². The first-order valence-electron chi connectivity index (χ1n) is 8.58. The SMILES string of the molecule is CC(O)CNCCN(CCN(CC(C)O)CC(C)O)CC(C)O. The molecule has 0 aliphatic heterocycles. The molecular formula is C16H37N3O4. The predicted molar refractivity (Wildman–Crippen MR) is 92.5 cm³/mol. The van der Waals surface area contributed by atoms with Crippen LogP contribution in [0.1, 0.15) is 27.7 Å². The van der Waals surface area contributed by atoms with Crippen molar-refractivity contribution < 1.29 is 20.4 Å². The molecule has 0 rings (SSSR count). The molecule has 140 valence electrons. The van der Waals surface area contributed by atoms with Crippen molar-refractivity contribution in [3.63, 3.8) is 0 Å². The molecule has 0 fully saturated rings. The molecule has 0 saturated heterocycles. The van der Waals surface area contributed by atoms with Gasteiger partial charge in [-0.1, -0.05) is 0 Å². The second-order valence-electron chi connectivity index (χ2n) is 6.66. The summed E-state index contributed by atoms with van der Waals surface area (Å²) in [6, 6.07) is 0. The molecule has 0 aromatic heterocycles. The molecule has 0 saturated carbocycles. The maximum absolute atomic E-state index is 9.63. The molecule has 0 aromatic rings. The summed E-state index contributed by atoms with van der Waals surface area (Å²) < 4.78 is 0. The first-order valence-corrected chi connectivity index (χ1v) is 8.58. The van der Waals surface area contributed by atoms with Gasteiger partial charge in [0.15, 0.2) is 0 Å². The zero-order chi connectivity index (χ0) is 17.8. The van der Waals surface area contributed by atoms with Gasteiger partial charge in [-0.2, -0.15) is 0 Å². The van der Waals surface area contributed by atoms with Crippen LogP contribution in [0.25, 0.3) is 0 Å². The van der Waals surface area contributed by atoms with Crippen molar-refractivity contribution in [3.8, 4) is 0 Å². The van der Waals surface area contributed by atoms with Gasteiger partial charge in [-0.25, -0.2) is 0 Å². The smallest absolute Gasteiger partial charge is 0.0639 e. The van der Waals surface area contributed by atoms with Gasteiger partial charge >= 0.3 is 0 Å². The summed E-state index contributed by atoms with van der Waals surface area (Å²) in [7, 11) is 0. The number of rotatable bonds is 14. The minimum atomic E-state index is -0.438. The Morgan fingerprint density at radius 3 is 1.52 bits per heavy atom. The standard InChI is InChI=1S/C16H37N3O4/c1-13(20)9-17-5-6-18(10-14(2)21)7-8-19(11-15(3)22)12-16(4)23/h13-17,20-23H,5-12H2,1-4H3. The lowest BCUT2D eigenvalue weighted by molar-refractivity contribution is 0.0683. The minimum absolute atomic E-state index is 0.368. The third-order valence-electron chi connectivity index (χ3n) is 3.34. The predicted octanol–water partition coefficient (Wildman–Crippen LogP) is -1.30. The number of aliphatic hydroxyl groups is 4. The second kappa shape index (κ2) is 13.1. The third-order valence-corrected chi connectivity index (χ3v) is 3.34. The number of nitrogens with one attached hydrogen (secondary N) is 1. The molecular weight excluding hydrogens is 298 g/mol. The first kappa shape index (κ1) is 22.7. The Hall–Kier alpha value is -0.280. The summed E-state index contributed by atoms with van der Waals surface area (Å²) in [6.07, 6.45) is -1.65. The molecule has 5 N–H and O–H groups in total. The van der Waals surface area contributed by atoms with Crippen molar-refractivity contribution >= 4 is 0 Å². The Balaban J connectivity index is 4.31. The zero-order valence-electron chi connectivity index (χ0n) is 15.1. The highest BCUT2D eigenvalue weighted by molar-refractivity contribution is 4.70. The monoisotopic (exact) mass is 335 g/mol. The molecule has 0 amide bonds. The van der Waals surface area contributed by atoms with Crippen LogP contribution in [0.4, 0.5) is 0 Å². The average Bonchev–Trinajstić information content (AvgIpc) is 2.38. The second-order valence-corrected chi connectivity index (χ2v) is 6.66. The third kappa shape index (κ3) is 15.0. The van der Waals surface area contributed by atoms with Crippen LogP contribution in [0.2, 0.25) is 0 Å². The van der Waals surface area contributed by atoms with Crippen molar-refractivity contribution in [2.24, 2.45) is 0 Å². The lowest BCUT2D eigenvalue weighted by Gasteiger charge is -2.30. The normalized spacial score (nSPS) is 17.5. The van der Waals surface area contributed by atoms with E-state index in [0.717, 1.165) is 26.2 Å². The van der Waals surface area contributed by atoms with Crippen molar-refractivity contribution in [3.05, 3.63) is 0 Å². The summed E-state index contributed by atoms with van der Waals surface area (Å²) >= 11 is 0. The fourth-order valence-electron chi connectivity index (χ4n) is 2.50. The molecule has 0 aliphatic carbocycles. The van der Waals surface area contributed by atoms with Gasteiger partial charge in [0.05, 0.1) is 24.4 Å². The van der Waals surface area contributed by atoms with E-state index in [-0.39, 0.29) is 6.10 Å². The molecule has 4 unspecified atom stereocenters. The van der Waals surface area contributed by atoms with Crippen LogP contribution in [0.5, 0.6) is 0 Å². The fourth-order valence-corrected chi connectivity index (χ4v) is 2.50. The van der Waals surface area contributed by atoms with E-state index in [4.69, 9.17) is 0 Å². The Bertz CT molecular complexity index is 266. The number of aliphatic hydroxyl groups excluding tert-OH is 4. The van der Waals surface area contributed by atoms with Crippen LogP contribution in [0.15, 0.2) is 0 Å². The van der Waals surface area contributed by atoms with Gasteiger partial charge in [0, 0.05) is 52.4 Å². The summed E-state index contributed by atoms with van der Waals surface area (Å²) in [5.41, 5.74) is 0. The molecule has 7 nitrogen and oxygen atoms in total. The largest absolute Gasteiger partial charge is 0.392 e. The van der Waals surface area contributed by atoms with E-state index in [1.165, 1.54) is 0 Å². The number of hydrogen-bond donors (Lipinski definition) is 5. The Kier molecular flexibility index (Phi) is 12.9. The minimum Gasteiger partial charge on any atom is -0.392 e. The quantitative estimate of drug-likeness (QED) is 0.252. The van der Waals surface area contributed by atoms with E-state index in [1.54, 1.807) is 27.7 Å². The van der Waals surface area contributed by atoms with E-state index < -0.39 is 18.3 Å². The van der Waals surface area contributed by atoms with Crippen molar-refractivity contribution in [2.45, 2.75) is 52.1 Å². The first-order chi connectivity index (χ1) is 10.7. The lowest BCUT2D eigenvalue weighted by Crippen LogP contribution is -2.44. The summed E-state index contributed by atoms with van der Waals surface area (Å²) in [6.45, 7) is 12.1. The Labute approximate surface area is 140 Å². The molecule has 0 heterocycles. The highest BCUT2D eigenvalue weighted by Crippen LogP contribution is 1.99. The van der Waals surface area contributed by atoms with E-state index in [0.29, 0.717) is 26.2 Å². The average molecular weight is 335 g/mol. The molecule has 0 aliphatic rings. The van der Waals surface area contributed by atoms with Gasteiger partial charge in [0.1, 0.15) is 0 Å². The molecule has 7 heteroatoms. The van der Waals surface area contributed by atoms with Crippen LogP contribution >= 0.6 is 0 Å². The van der Waals surface area contributed by atoms with Gasteiger partial charge in [-0.15, -0.1) is 0 Å². The summed E-state index contributed by atoms with van der Waals surface area (Å²) in [5, 5.41) is 41.2. The highest BCUT2D eigenvalue weighted by atomic mass is 16.3. The van der Waals surface area contributed by atoms with Gasteiger partial charge < -0.3 is 25.7 Å². The van der Waals surface area contributed by atoms with Crippen LogP contribution in [0.3, 0.4) is 0 Å². The lowest BCUT2D eigenvalue weighted by atomic mass is 10.3. The maximum atomic E-state index is 9.63. The zero-order valence-corrected chi connectivity index (χ0v) is 15.1. The fraction of sp³-hybridized carbons (Fsp3) is 1.00. The Morgan fingerprint density at radius 2 is 1.09 bits per heavy atom. The number of hydrogen-bond acceptors (Lipinski definition) is 7. The molecule has 4 atom stereocenters. The van der Waals surface area contributed by atoms with Gasteiger partial charge in [0.2, 0.25) is 0 Å². The van der Waals surface area contributed by atoms with E-state index in [2.05, 4.69) is 10.2 Å².